The number of amides is 3. The number of carboxylic acids is 1. The molecule has 1 fully saturated rings. The van der Waals surface area contributed by atoms with Crippen LogP contribution in [-0.4, -0.2) is 96.1 Å². The molecule has 0 bridgehead atoms. The summed E-state index contributed by atoms with van der Waals surface area (Å²) in [5.41, 5.74) is 1.28. The van der Waals surface area contributed by atoms with Crippen molar-refractivity contribution in [3.63, 3.8) is 0 Å². The molecule has 0 aromatic carbocycles. The third-order valence-corrected chi connectivity index (χ3v) is 7.62. The molecule has 21 nitrogen and oxygen atoms in total. The number of thiazole rings is 1. The van der Waals surface area contributed by atoms with E-state index in [0.717, 1.165) is 37.3 Å². The van der Waals surface area contributed by atoms with Gasteiger partial charge in [-0.25, -0.2) is 17.7 Å². The fourth-order valence-electron chi connectivity index (χ4n) is 3.65. The molecule has 3 aromatic heterocycles. The van der Waals surface area contributed by atoms with Crippen LogP contribution in [0.2, 0.25) is 0 Å². The van der Waals surface area contributed by atoms with Gasteiger partial charge in [-0.2, -0.15) is 4.73 Å². The summed E-state index contributed by atoms with van der Waals surface area (Å²) < 4.78 is 40.4. The van der Waals surface area contributed by atoms with Crippen molar-refractivity contribution in [1.82, 2.24) is 29.8 Å². The average molecular weight is 715 g/mol. The molecule has 25 heteroatoms. The number of nitrogens with two attached hydrogens (primary N) is 1. The quantitative estimate of drug-likeness (QED) is 0.0307. The molecular formula is C22H20N8Na2O13S2. The number of nitrogen functional groups attached to an aromatic ring is 1. The molecule has 47 heavy (non-hydrogen) atoms. The van der Waals surface area contributed by atoms with Crippen molar-refractivity contribution in [2.45, 2.75) is 31.5 Å². The molecule has 3 aromatic rings. The summed E-state index contributed by atoms with van der Waals surface area (Å²) >= 11 is 0.867. The van der Waals surface area contributed by atoms with Gasteiger partial charge in [0.1, 0.15) is 23.1 Å². The van der Waals surface area contributed by atoms with Crippen LogP contribution < -0.4 is 86.0 Å². The van der Waals surface area contributed by atoms with Gasteiger partial charge in [0.05, 0.1) is 18.2 Å². The predicted octanol–water partition coefficient (Wildman–Crippen LogP) is -9.67. The number of hydrogen-bond acceptors (Lipinski definition) is 18. The molecule has 240 valence electrons. The van der Waals surface area contributed by atoms with E-state index in [0.29, 0.717) is 10.9 Å². The number of aromatic nitrogens is 3. The number of carbonyl (C=O) groups is 4. The maximum absolute atomic E-state index is 13.1. The van der Waals surface area contributed by atoms with Gasteiger partial charge in [-0.1, -0.05) is 10.3 Å². The van der Waals surface area contributed by atoms with Crippen LogP contribution in [0.25, 0.3) is 11.4 Å². The van der Waals surface area contributed by atoms with Crippen LogP contribution in [0.3, 0.4) is 0 Å². The topological polar surface area (TPSA) is 325 Å². The number of nitrogens with one attached hydrogen (secondary N) is 2. The number of hydrogen-bond donors (Lipinski definition) is 5. The predicted molar refractivity (Wildman–Crippen MR) is 143 cm³/mol. The molecule has 0 spiro atoms. The van der Waals surface area contributed by atoms with Crippen LogP contribution in [0.15, 0.2) is 38.2 Å². The van der Waals surface area contributed by atoms with Crippen molar-refractivity contribution in [2.75, 3.05) is 12.3 Å². The largest absolute Gasteiger partial charge is 1.00 e. The third-order valence-electron chi connectivity index (χ3n) is 6.01. The van der Waals surface area contributed by atoms with E-state index in [4.69, 9.17) is 15.1 Å². The number of carboxylic acid groups (broad SMARTS) is 1. The molecule has 0 saturated carbocycles. The summed E-state index contributed by atoms with van der Waals surface area (Å²) in [6.45, 7) is 1.38. The number of anilines is 1. The Balaban J connectivity index is 0.00000384. The minimum absolute atomic E-state index is 0. The molecule has 4 rings (SSSR count). The second kappa shape index (κ2) is 15.1. The van der Waals surface area contributed by atoms with Crippen LogP contribution in [-0.2, 0) is 29.5 Å². The van der Waals surface area contributed by atoms with Gasteiger partial charge in [0.2, 0.25) is 11.2 Å². The van der Waals surface area contributed by atoms with Crippen LogP contribution in [0, 0.1) is 0 Å². The number of pyridine rings is 1. The second-order valence-electron chi connectivity index (χ2n) is 9.55. The number of nitrogens with zero attached hydrogens (tertiary/aromatic N) is 5. The first-order valence-electron chi connectivity index (χ1n) is 12.1. The number of aromatic hydroxyl groups is 1. The fraction of sp³-hybridized carbons (Fsp3) is 0.273. The monoisotopic (exact) mass is 714 g/mol. The SMILES string of the molecule is CC(C)(O/N=C(\C(=O)N[C@@H]1C(=O)N(S(=O)(=O)[O-])[C@@H]1CNC(=O)c1cc(-c2cc(=O)c(O)cn2O)no1)c1csc(N)n1)C(=O)[O-].[Na+].[Na+]. The Labute approximate surface area is 311 Å². The van der Waals surface area contributed by atoms with Crippen LogP contribution >= 0.6 is 11.3 Å². The van der Waals surface area contributed by atoms with E-state index in [1.165, 1.54) is 5.38 Å². The molecule has 0 unspecified atom stereocenters. The molecule has 4 heterocycles. The normalized spacial score (nSPS) is 16.3. The fourth-order valence-corrected chi connectivity index (χ4v) is 5.06. The van der Waals surface area contributed by atoms with Gasteiger partial charge in [-0.15, -0.1) is 11.3 Å². The van der Waals surface area contributed by atoms with Crippen molar-refractivity contribution < 1.29 is 116 Å². The average Bonchev–Trinajstić information content (AvgIpc) is 3.60. The van der Waals surface area contributed by atoms with Crippen molar-refractivity contribution >= 4 is 56.2 Å². The van der Waals surface area contributed by atoms with E-state index in [1.807, 2.05) is 0 Å². The van der Waals surface area contributed by atoms with Gasteiger partial charge in [0.15, 0.2) is 32.5 Å². The van der Waals surface area contributed by atoms with Gasteiger partial charge in [0, 0.05) is 24.1 Å². The smallest absolute Gasteiger partial charge is 0.731 e. The van der Waals surface area contributed by atoms with E-state index in [2.05, 4.69) is 25.9 Å². The zero-order valence-corrected chi connectivity index (χ0v) is 30.3. The summed E-state index contributed by atoms with van der Waals surface area (Å²) in [5, 5.41) is 43.2. The van der Waals surface area contributed by atoms with E-state index in [9.17, 15) is 52.4 Å². The zero-order valence-electron chi connectivity index (χ0n) is 24.7. The standard InChI is InChI=1S/C22H22N8O13S2.2Na/c1-22(2,20(36)37)43-28-15(9-7-44-21(23)25-9)18(34)26-16-11(30(19(16)35)45(39,40)41)5-24-17(33)14-3-8(27-42-14)10-4-12(31)13(32)6-29(10)38;;/h3-4,6-7,11,16,32,38H,5H2,1-2H3,(H2,23,25)(H,24,33)(H,26,34)(H,36,37)(H,39,40,41);;/q;2*+1/p-2/b28-15-;;/t11-,16+;;/m1../s1. The molecular weight excluding hydrogens is 694 g/mol. The molecule has 1 aliphatic heterocycles. The molecule has 0 radical (unpaired) electrons. The van der Waals surface area contributed by atoms with Gasteiger partial charge in [0.25, 0.3) is 17.7 Å². The number of oxime groups is 1. The Hall–Kier alpha value is -3.55. The maximum atomic E-state index is 13.1. The van der Waals surface area contributed by atoms with E-state index in [-0.39, 0.29) is 85.6 Å². The molecule has 6 N–H and O–H groups in total. The van der Waals surface area contributed by atoms with Gasteiger partial charge >= 0.3 is 59.1 Å². The Morgan fingerprint density at radius 2 is 1.91 bits per heavy atom. The van der Waals surface area contributed by atoms with E-state index >= 15 is 0 Å². The molecule has 1 saturated heterocycles. The van der Waals surface area contributed by atoms with Gasteiger partial charge in [-0.3, -0.25) is 19.2 Å². The summed E-state index contributed by atoms with van der Waals surface area (Å²) in [6, 6.07) is -1.64. The van der Waals surface area contributed by atoms with Crippen molar-refractivity contribution in [2.24, 2.45) is 5.16 Å². The Morgan fingerprint density at radius 3 is 2.49 bits per heavy atom. The number of β-lactam (4-membered cyclic amide) rings is 1. The molecule has 3 amide bonds. The van der Waals surface area contributed by atoms with Crippen LogP contribution in [0.4, 0.5) is 5.13 Å². The minimum Gasteiger partial charge on any atom is -0.731 e. The number of rotatable bonds is 11. The first-order chi connectivity index (χ1) is 20.9. The third kappa shape index (κ3) is 8.68. The summed E-state index contributed by atoms with van der Waals surface area (Å²) in [6.07, 6.45) is 0.669. The van der Waals surface area contributed by atoms with Gasteiger partial charge in [-0.05, 0) is 13.8 Å². The summed E-state index contributed by atoms with van der Waals surface area (Å²) in [7, 11) is -5.44. The Bertz CT molecular complexity index is 1910. The van der Waals surface area contributed by atoms with Gasteiger partial charge < -0.3 is 50.5 Å². The summed E-state index contributed by atoms with van der Waals surface area (Å²) in [5.74, 6) is -6.67. The van der Waals surface area contributed by atoms with Crippen LogP contribution in [0.5, 0.6) is 5.75 Å². The van der Waals surface area contributed by atoms with Crippen molar-refractivity contribution in [3.8, 4) is 17.1 Å². The Morgan fingerprint density at radius 1 is 1.26 bits per heavy atom. The van der Waals surface area contributed by atoms with Crippen molar-refractivity contribution in [1.29, 1.82) is 0 Å². The second-order valence-corrected chi connectivity index (χ2v) is 11.7. The zero-order chi connectivity index (χ0) is 33.4. The van der Waals surface area contributed by atoms with E-state index in [1.54, 1.807) is 0 Å². The maximum Gasteiger partial charge on any atom is 1.00 e. The molecule has 1 aliphatic rings. The Kier molecular flexibility index (Phi) is 12.7. The number of aliphatic carboxylic acids is 1. The van der Waals surface area contributed by atoms with E-state index < -0.39 is 80.9 Å². The van der Waals surface area contributed by atoms with Crippen molar-refractivity contribution in [3.05, 3.63) is 45.4 Å². The number of carbonyl (C=O) groups excluding carboxylic acids is 4. The summed E-state index contributed by atoms with van der Waals surface area (Å²) in [4.78, 5) is 70.2. The molecule has 0 aliphatic carbocycles. The van der Waals surface area contributed by atoms with Crippen LogP contribution in [0.1, 0.15) is 30.1 Å². The first kappa shape index (κ1) is 39.6. The molecule has 2 atom stereocenters. The first-order valence-corrected chi connectivity index (χ1v) is 14.3. The minimum atomic E-state index is -5.44.